The van der Waals surface area contributed by atoms with E-state index in [0.717, 1.165) is 24.3 Å². The van der Waals surface area contributed by atoms with Crippen LogP contribution in [0.15, 0.2) is 63.5 Å². The molecule has 38 heavy (non-hydrogen) atoms. The van der Waals surface area contributed by atoms with Gasteiger partial charge < -0.3 is 19.5 Å². The predicted molar refractivity (Wildman–Crippen MR) is 150 cm³/mol. The molecule has 8 nitrogen and oxygen atoms in total. The minimum Gasteiger partial charge on any atom is -0.507 e. The van der Waals surface area contributed by atoms with Gasteiger partial charge in [0.2, 0.25) is 0 Å². The number of carbonyl (C=O) groups is 1. The zero-order valence-corrected chi connectivity index (χ0v) is 23.2. The second kappa shape index (κ2) is 11.7. The fourth-order valence-corrected chi connectivity index (χ4v) is 5.64. The highest BCUT2D eigenvalue weighted by Gasteiger charge is 2.33. The van der Waals surface area contributed by atoms with Crippen LogP contribution < -0.4 is 24.5 Å². The van der Waals surface area contributed by atoms with Crippen molar-refractivity contribution in [2.75, 3.05) is 31.2 Å². The van der Waals surface area contributed by atoms with Crippen LogP contribution in [0.25, 0.3) is 6.08 Å². The molecule has 1 unspecified atom stereocenters. The number of phenolic OH excluding ortho intramolecular Hbond substituents is 1. The Morgan fingerprint density at radius 1 is 1.11 bits per heavy atom. The van der Waals surface area contributed by atoms with E-state index >= 15 is 0 Å². The Morgan fingerprint density at radius 2 is 1.82 bits per heavy atom. The summed E-state index contributed by atoms with van der Waals surface area (Å²) < 4.78 is 12.9. The molecule has 0 bridgehead atoms. The number of benzene rings is 2. The summed E-state index contributed by atoms with van der Waals surface area (Å²) in [5.74, 6) is 0.281. The van der Waals surface area contributed by atoms with Gasteiger partial charge in [0.25, 0.3) is 5.56 Å². The fourth-order valence-electron chi connectivity index (χ4n) is 4.60. The topological polar surface area (TPSA) is 93.4 Å². The number of aromatic hydroxyl groups is 1. The molecular formula is C29H33N3O5S. The van der Waals surface area contributed by atoms with Gasteiger partial charge in [-0.1, -0.05) is 23.5 Å². The molecule has 0 radical (unpaired) electrons. The van der Waals surface area contributed by atoms with Gasteiger partial charge in [0.1, 0.15) is 11.5 Å². The van der Waals surface area contributed by atoms with E-state index < -0.39 is 12.0 Å². The second-order valence-corrected chi connectivity index (χ2v) is 9.73. The lowest BCUT2D eigenvalue weighted by molar-refractivity contribution is -0.139. The van der Waals surface area contributed by atoms with Crippen molar-refractivity contribution < 1.29 is 19.4 Å². The second-order valence-electron chi connectivity index (χ2n) is 8.72. The number of anilines is 1. The van der Waals surface area contributed by atoms with Crippen LogP contribution in [-0.2, 0) is 9.53 Å². The SMILES string of the molecule is CCOC(=O)C1=C(C)N=c2sc(=Cc3ccc(N(CC)CC)cc3O)c(=O)n2C1c1ccc(OCC)cc1. The van der Waals surface area contributed by atoms with Gasteiger partial charge in [0.05, 0.1) is 35.1 Å². The number of phenols is 1. The van der Waals surface area contributed by atoms with E-state index in [9.17, 15) is 14.7 Å². The summed E-state index contributed by atoms with van der Waals surface area (Å²) in [5.41, 5.74) is 2.71. The van der Waals surface area contributed by atoms with E-state index in [1.807, 2.05) is 37.3 Å². The van der Waals surface area contributed by atoms with Crippen molar-refractivity contribution >= 4 is 29.1 Å². The number of rotatable bonds is 9. The van der Waals surface area contributed by atoms with Crippen LogP contribution in [0.2, 0.25) is 0 Å². The average molecular weight is 536 g/mol. The molecule has 1 aliphatic rings. The van der Waals surface area contributed by atoms with E-state index in [-0.39, 0.29) is 17.9 Å². The third-order valence-electron chi connectivity index (χ3n) is 6.45. The molecule has 200 valence electrons. The summed E-state index contributed by atoms with van der Waals surface area (Å²) >= 11 is 1.22. The standard InChI is InChI=1S/C29H33N3O5S/c1-6-31(7-2)21-13-10-20(23(33)17-21)16-24-27(34)32-26(19-11-14-22(15-12-19)36-8-3)25(28(35)37-9-4)18(5)30-29(32)38-24/h10-17,26,33H,6-9H2,1-5H3. The Kier molecular flexibility index (Phi) is 8.36. The molecule has 2 heterocycles. The molecular weight excluding hydrogens is 502 g/mol. The Labute approximate surface area is 225 Å². The van der Waals surface area contributed by atoms with Gasteiger partial charge in [-0.25, -0.2) is 9.79 Å². The van der Waals surface area contributed by atoms with Gasteiger partial charge in [0.15, 0.2) is 4.80 Å². The highest BCUT2D eigenvalue weighted by molar-refractivity contribution is 7.07. The molecule has 1 aromatic heterocycles. The fraction of sp³-hybridized carbons (Fsp3) is 0.345. The quantitative estimate of drug-likeness (QED) is 0.420. The van der Waals surface area contributed by atoms with E-state index in [2.05, 4.69) is 23.7 Å². The van der Waals surface area contributed by atoms with Gasteiger partial charge in [-0.05, 0) is 70.5 Å². The average Bonchev–Trinajstić information content (AvgIpc) is 3.20. The number of thiazole rings is 1. The monoisotopic (exact) mass is 535 g/mol. The lowest BCUT2D eigenvalue weighted by Gasteiger charge is -2.24. The minimum atomic E-state index is -0.707. The first-order valence-corrected chi connectivity index (χ1v) is 13.6. The summed E-state index contributed by atoms with van der Waals surface area (Å²) in [5, 5.41) is 10.7. The number of hydrogen-bond acceptors (Lipinski definition) is 8. The zero-order chi connectivity index (χ0) is 27.4. The van der Waals surface area contributed by atoms with Gasteiger partial charge in [-0.2, -0.15) is 0 Å². The van der Waals surface area contributed by atoms with E-state index in [1.165, 1.54) is 15.9 Å². The highest BCUT2D eigenvalue weighted by atomic mass is 32.1. The molecule has 4 rings (SSSR count). The van der Waals surface area contributed by atoms with E-state index in [0.29, 0.717) is 38.5 Å². The van der Waals surface area contributed by atoms with Crippen LogP contribution in [0.1, 0.15) is 51.8 Å². The van der Waals surface area contributed by atoms with Crippen molar-refractivity contribution in [1.82, 2.24) is 4.57 Å². The molecule has 2 aromatic carbocycles. The van der Waals surface area contributed by atoms with Crippen LogP contribution in [0.3, 0.4) is 0 Å². The first-order valence-electron chi connectivity index (χ1n) is 12.8. The number of fused-ring (bicyclic) bond motifs is 1. The maximum absolute atomic E-state index is 13.8. The number of esters is 1. The van der Waals surface area contributed by atoms with Gasteiger partial charge in [-0.15, -0.1) is 0 Å². The van der Waals surface area contributed by atoms with Gasteiger partial charge in [-0.3, -0.25) is 9.36 Å². The molecule has 3 aromatic rings. The largest absolute Gasteiger partial charge is 0.507 e. The van der Waals surface area contributed by atoms with Crippen molar-refractivity contribution in [2.45, 2.75) is 40.7 Å². The Morgan fingerprint density at radius 3 is 2.42 bits per heavy atom. The number of hydrogen-bond donors (Lipinski definition) is 1. The highest BCUT2D eigenvalue weighted by Crippen LogP contribution is 2.32. The zero-order valence-electron chi connectivity index (χ0n) is 22.4. The third kappa shape index (κ3) is 5.24. The van der Waals surface area contributed by atoms with Crippen LogP contribution in [0.4, 0.5) is 5.69 Å². The van der Waals surface area contributed by atoms with Crippen LogP contribution >= 0.6 is 11.3 Å². The first-order chi connectivity index (χ1) is 18.3. The number of nitrogens with zero attached hydrogens (tertiary/aromatic N) is 3. The molecule has 0 aliphatic carbocycles. The van der Waals surface area contributed by atoms with Crippen LogP contribution in [0, 0.1) is 0 Å². The number of ether oxygens (including phenoxy) is 2. The van der Waals surface area contributed by atoms with Crippen molar-refractivity contribution in [3.8, 4) is 11.5 Å². The summed E-state index contributed by atoms with van der Waals surface area (Å²) in [6.07, 6.45) is 1.67. The normalized spacial score (nSPS) is 15.2. The lowest BCUT2D eigenvalue weighted by Crippen LogP contribution is -2.39. The van der Waals surface area contributed by atoms with Crippen molar-refractivity contribution in [3.63, 3.8) is 0 Å². The summed E-state index contributed by atoms with van der Waals surface area (Å²) in [6.45, 7) is 11.9. The minimum absolute atomic E-state index is 0.0895. The predicted octanol–water partition coefficient (Wildman–Crippen LogP) is 3.75. The Bertz CT molecular complexity index is 1530. The van der Waals surface area contributed by atoms with Gasteiger partial charge in [0, 0.05) is 30.4 Å². The molecule has 0 saturated heterocycles. The molecule has 0 saturated carbocycles. The summed E-state index contributed by atoms with van der Waals surface area (Å²) in [7, 11) is 0. The molecule has 0 fully saturated rings. The summed E-state index contributed by atoms with van der Waals surface area (Å²) in [6, 6.07) is 12.1. The molecule has 0 amide bonds. The van der Waals surface area contributed by atoms with E-state index in [4.69, 9.17) is 9.47 Å². The lowest BCUT2D eigenvalue weighted by atomic mass is 9.96. The molecule has 9 heteroatoms. The number of aromatic nitrogens is 1. The van der Waals surface area contributed by atoms with Crippen molar-refractivity contribution in [3.05, 3.63) is 84.5 Å². The molecule has 1 aliphatic heterocycles. The molecule has 1 N–H and O–H groups in total. The van der Waals surface area contributed by atoms with Crippen LogP contribution in [-0.4, -0.2) is 41.9 Å². The number of carbonyl (C=O) groups excluding carboxylic acids is 1. The summed E-state index contributed by atoms with van der Waals surface area (Å²) in [4.78, 5) is 34.0. The van der Waals surface area contributed by atoms with Crippen molar-refractivity contribution in [1.29, 1.82) is 0 Å². The smallest absolute Gasteiger partial charge is 0.338 e. The van der Waals surface area contributed by atoms with Gasteiger partial charge >= 0.3 is 5.97 Å². The first kappa shape index (κ1) is 27.2. The van der Waals surface area contributed by atoms with E-state index in [1.54, 1.807) is 32.1 Å². The molecule has 1 atom stereocenters. The maximum atomic E-state index is 13.8. The Hall–Kier alpha value is -3.85. The molecule has 0 spiro atoms. The van der Waals surface area contributed by atoms with Crippen LogP contribution in [0.5, 0.6) is 11.5 Å². The maximum Gasteiger partial charge on any atom is 0.338 e. The van der Waals surface area contributed by atoms with Crippen molar-refractivity contribution in [2.24, 2.45) is 4.99 Å². The third-order valence-corrected chi connectivity index (χ3v) is 7.44. The number of allylic oxidation sites excluding steroid dienone is 1. The Balaban J connectivity index is 1.86.